The fourth-order valence-corrected chi connectivity index (χ4v) is 4.59. The first-order valence-electron chi connectivity index (χ1n) is 8.56. The zero-order chi connectivity index (χ0) is 17.1. The van der Waals surface area contributed by atoms with Crippen molar-refractivity contribution in [3.63, 3.8) is 0 Å². The van der Waals surface area contributed by atoms with Gasteiger partial charge >= 0.3 is 0 Å². The van der Waals surface area contributed by atoms with Gasteiger partial charge in [-0.05, 0) is 36.8 Å². The molecule has 2 aromatic heterocycles. The third-order valence-corrected chi connectivity index (χ3v) is 6.26. The summed E-state index contributed by atoms with van der Waals surface area (Å²) < 4.78 is 8.08. The lowest BCUT2D eigenvalue weighted by molar-refractivity contribution is 0.0953. The van der Waals surface area contributed by atoms with E-state index in [0.29, 0.717) is 0 Å². The van der Waals surface area contributed by atoms with Crippen LogP contribution in [0.5, 0.6) is 0 Å². The summed E-state index contributed by atoms with van der Waals surface area (Å²) >= 11 is 3.45. The molecule has 0 amide bonds. The van der Waals surface area contributed by atoms with Crippen molar-refractivity contribution in [2.75, 3.05) is 6.61 Å². The van der Waals surface area contributed by atoms with E-state index in [9.17, 15) is 0 Å². The van der Waals surface area contributed by atoms with Crippen LogP contribution in [0.25, 0.3) is 10.7 Å². The second-order valence-corrected chi connectivity index (χ2v) is 8.19. The number of thiophene rings is 1. The average Bonchev–Trinajstić information content (AvgIpc) is 3.37. The molecule has 0 radical (unpaired) electrons. The minimum absolute atomic E-state index is 0.272. The molecule has 4 rings (SSSR count). The number of hydrogen-bond acceptors (Lipinski definition) is 5. The van der Waals surface area contributed by atoms with Gasteiger partial charge in [-0.1, -0.05) is 47.7 Å². The third kappa shape index (κ3) is 3.97. The molecule has 1 saturated heterocycles. The molecule has 1 unspecified atom stereocenters. The summed E-state index contributed by atoms with van der Waals surface area (Å²) in [5.41, 5.74) is 2.59. The molecule has 1 fully saturated rings. The summed E-state index contributed by atoms with van der Waals surface area (Å²) in [6, 6.07) is 12.8. The Bertz CT molecular complexity index is 806. The Balaban J connectivity index is 1.56. The summed E-state index contributed by atoms with van der Waals surface area (Å²) in [7, 11) is 0. The van der Waals surface area contributed by atoms with E-state index in [0.717, 1.165) is 47.6 Å². The molecular weight excluding hydrogens is 350 g/mol. The monoisotopic (exact) mass is 371 g/mol. The van der Waals surface area contributed by atoms with Crippen molar-refractivity contribution in [1.29, 1.82) is 0 Å². The van der Waals surface area contributed by atoms with Gasteiger partial charge < -0.3 is 4.74 Å². The first-order chi connectivity index (χ1) is 12.3. The van der Waals surface area contributed by atoms with Crippen molar-refractivity contribution in [1.82, 2.24) is 14.8 Å². The second kappa shape index (κ2) is 7.72. The first-order valence-corrected chi connectivity index (χ1v) is 10.4. The zero-order valence-electron chi connectivity index (χ0n) is 14.2. The molecule has 0 bridgehead atoms. The van der Waals surface area contributed by atoms with Gasteiger partial charge in [0.1, 0.15) is 0 Å². The average molecular weight is 372 g/mol. The maximum Gasteiger partial charge on any atom is 0.191 e. The Morgan fingerprint density at radius 2 is 2.12 bits per heavy atom. The van der Waals surface area contributed by atoms with Crippen LogP contribution in [-0.2, 0) is 17.0 Å². The van der Waals surface area contributed by atoms with E-state index in [1.165, 1.54) is 11.1 Å². The Labute approximate surface area is 156 Å². The topological polar surface area (TPSA) is 39.9 Å². The fourth-order valence-electron chi connectivity index (χ4n) is 2.97. The maximum atomic E-state index is 5.85. The molecule has 0 spiro atoms. The van der Waals surface area contributed by atoms with E-state index >= 15 is 0 Å². The molecule has 0 aliphatic carbocycles. The van der Waals surface area contributed by atoms with E-state index in [4.69, 9.17) is 4.74 Å². The van der Waals surface area contributed by atoms with E-state index in [2.05, 4.69) is 63.5 Å². The van der Waals surface area contributed by atoms with Gasteiger partial charge in [0.2, 0.25) is 0 Å². The van der Waals surface area contributed by atoms with Crippen LogP contribution in [0.15, 0.2) is 46.9 Å². The molecule has 0 N–H and O–H groups in total. The lowest BCUT2D eigenvalue weighted by Gasteiger charge is -2.14. The fraction of sp³-hybridized carbons (Fsp3) is 0.368. The van der Waals surface area contributed by atoms with Crippen LogP contribution in [0.4, 0.5) is 0 Å². The normalized spacial score (nSPS) is 17.2. The largest absolute Gasteiger partial charge is 0.376 e. The Morgan fingerprint density at radius 3 is 2.84 bits per heavy atom. The van der Waals surface area contributed by atoms with Gasteiger partial charge in [0.15, 0.2) is 11.0 Å². The van der Waals surface area contributed by atoms with Gasteiger partial charge in [-0.2, -0.15) is 0 Å². The van der Waals surface area contributed by atoms with E-state index in [1.54, 1.807) is 23.1 Å². The van der Waals surface area contributed by atoms with Crippen LogP contribution >= 0.6 is 23.1 Å². The smallest absolute Gasteiger partial charge is 0.191 e. The van der Waals surface area contributed by atoms with Crippen molar-refractivity contribution in [2.24, 2.45) is 0 Å². The minimum atomic E-state index is 0.272. The molecule has 1 aliphatic heterocycles. The van der Waals surface area contributed by atoms with Crippen LogP contribution in [-0.4, -0.2) is 27.5 Å². The number of rotatable bonds is 6. The molecule has 3 heterocycles. The number of ether oxygens (including phenoxy) is 1. The highest BCUT2D eigenvalue weighted by Gasteiger charge is 2.22. The Morgan fingerprint density at radius 1 is 1.24 bits per heavy atom. The van der Waals surface area contributed by atoms with Gasteiger partial charge in [0.05, 0.1) is 17.5 Å². The Kier molecular flexibility index (Phi) is 5.20. The summed E-state index contributed by atoms with van der Waals surface area (Å²) in [5, 5.41) is 12.0. The molecule has 3 aromatic rings. The summed E-state index contributed by atoms with van der Waals surface area (Å²) in [4.78, 5) is 1.16. The standard InChI is InChI=1S/C19H21N3OS2/c1-14-6-8-15(9-7-14)13-25-19-21-20-18(17-5-3-11-24-17)22(19)12-16-4-2-10-23-16/h3,5-9,11,16H,2,4,10,12-13H2,1H3. The third-order valence-electron chi connectivity index (χ3n) is 4.36. The molecule has 130 valence electrons. The molecule has 25 heavy (non-hydrogen) atoms. The highest BCUT2D eigenvalue weighted by molar-refractivity contribution is 7.98. The van der Waals surface area contributed by atoms with Crippen LogP contribution in [0, 0.1) is 6.92 Å². The first kappa shape index (κ1) is 16.8. The lowest BCUT2D eigenvalue weighted by atomic mass is 10.2. The summed E-state index contributed by atoms with van der Waals surface area (Å²) in [5.74, 6) is 1.85. The maximum absolute atomic E-state index is 5.85. The number of benzene rings is 1. The predicted octanol–water partition coefficient (Wildman–Crippen LogP) is 4.79. The van der Waals surface area contributed by atoms with Gasteiger partial charge in [-0.3, -0.25) is 4.57 Å². The number of nitrogens with zero attached hydrogens (tertiary/aromatic N) is 3. The summed E-state index contributed by atoms with van der Waals surface area (Å²) in [6.07, 6.45) is 2.53. The molecule has 1 aromatic carbocycles. The van der Waals surface area contributed by atoms with Crippen molar-refractivity contribution in [3.8, 4) is 10.7 Å². The molecule has 1 atom stereocenters. The zero-order valence-corrected chi connectivity index (χ0v) is 15.9. The van der Waals surface area contributed by atoms with E-state index < -0.39 is 0 Å². The molecule has 1 aliphatic rings. The number of aromatic nitrogens is 3. The van der Waals surface area contributed by atoms with Crippen molar-refractivity contribution < 1.29 is 4.74 Å². The summed E-state index contributed by atoms with van der Waals surface area (Å²) in [6.45, 7) is 3.81. The van der Waals surface area contributed by atoms with Gasteiger partial charge in [-0.15, -0.1) is 21.5 Å². The van der Waals surface area contributed by atoms with Crippen LogP contribution < -0.4 is 0 Å². The predicted molar refractivity (Wildman–Crippen MR) is 103 cm³/mol. The van der Waals surface area contributed by atoms with E-state index in [-0.39, 0.29) is 6.10 Å². The highest BCUT2D eigenvalue weighted by atomic mass is 32.2. The van der Waals surface area contributed by atoms with Gasteiger partial charge in [-0.25, -0.2) is 0 Å². The SMILES string of the molecule is Cc1ccc(CSc2nnc(-c3cccs3)n2CC2CCCO2)cc1. The Hall–Kier alpha value is -1.63. The lowest BCUT2D eigenvalue weighted by Crippen LogP contribution is -2.16. The number of thioether (sulfide) groups is 1. The van der Waals surface area contributed by atoms with Crippen molar-refractivity contribution >= 4 is 23.1 Å². The van der Waals surface area contributed by atoms with Crippen LogP contribution in [0.3, 0.4) is 0 Å². The molecular formula is C19H21N3OS2. The quantitative estimate of drug-likeness (QED) is 0.584. The second-order valence-electron chi connectivity index (χ2n) is 6.30. The number of aryl methyl sites for hydroxylation is 1. The molecule has 4 nitrogen and oxygen atoms in total. The highest BCUT2D eigenvalue weighted by Crippen LogP contribution is 2.30. The van der Waals surface area contributed by atoms with Crippen LogP contribution in [0.1, 0.15) is 24.0 Å². The minimum Gasteiger partial charge on any atom is -0.376 e. The number of hydrogen-bond donors (Lipinski definition) is 0. The molecule has 0 saturated carbocycles. The van der Waals surface area contributed by atoms with Crippen molar-refractivity contribution in [3.05, 3.63) is 52.9 Å². The van der Waals surface area contributed by atoms with Crippen LogP contribution in [0.2, 0.25) is 0 Å². The van der Waals surface area contributed by atoms with Gasteiger partial charge in [0.25, 0.3) is 0 Å². The van der Waals surface area contributed by atoms with Gasteiger partial charge in [0, 0.05) is 12.4 Å². The molecule has 6 heteroatoms. The van der Waals surface area contributed by atoms with Crippen molar-refractivity contribution in [2.45, 2.75) is 43.3 Å². The van der Waals surface area contributed by atoms with E-state index in [1.807, 2.05) is 0 Å².